The lowest BCUT2D eigenvalue weighted by Gasteiger charge is -2.02. The van der Waals surface area contributed by atoms with Crippen molar-refractivity contribution in [1.82, 2.24) is 20.3 Å². The SMILES string of the molecule is O=C(NCCc1c[nH]c2ccccc12)c1ncc[nH]1. The second kappa shape index (κ2) is 4.97. The number of nitrogens with zero attached hydrogens (tertiary/aromatic N) is 1. The number of rotatable bonds is 4. The molecule has 3 rings (SSSR count). The summed E-state index contributed by atoms with van der Waals surface area (Å²) >= 11 is 0. The van der Waals surface area contributed by atoms with Crippen molar-refractivity contribution in [3.05, 3.63) is 54.2 Å². The fraction of sp³-hybridized carbons (Fsp3) is 0.143. The molecule has 0 bridgehead atoms. The van der Waals surface area contributed by atoms with Crippen molar-refractivity contribution in [2.24, 2.45) is 0 Å². The van der Waals surface area contributed by atoms with Gasteiger partial charge < -0.3 is 15.3 Å². The molecule has 1 aromatic carbocycles. The first-order chi connectivity index (χ1) is 9.34. The van der Waals surface area contributed by atoms with E-state index < -0.39 is 0 Å². The number of hydrogen-bond acceptors (Lipinski definition) is 2. The number of aromatic amines is 2. The number of fused-ring (bicyclic) bond motifs is 1. The first-order valence-electron chi connectivity index (χ1n) is 6.17. The molecule has 0 aliphatic heterocycles. The Morgan fingerprint density at radius 3 is 3.00 bits per heavy atom. The molecule has 96 valence electrons. The van der Waals surface area contributed by atoms with E-state index in [1.54, 1.807) is 12.4 Å². The van der Waals surface area contributed by atoms with Gasteiger partial charge in [0.1, 0.15) is 0 Å². The highest BCUT2D eigenvalue weighted by molar-refractivity contribution is 5.90. The Balaban J connectivity index is 1.62. The molecule has 0 atom stereocenters. The Morgan fingerprint density at radius 1 is 1.26 bits per heavy atom. The van der Waals surface area contributed by atoms with Crippen LogP contribution < -0.4 is 5.32 Å². The van der Waals surface area contributed by atoms with Crippen LogP contribution in [0.25, 0.3) is 10.9 Å². The third-order valence-electron chi connectivity index (χ3n) is 3.07. The Hall–Kier alpha value is -2.56. The average molecular weight is 254 g/mol. The van der Waals surface area contributed by atoms with Gasteiger partial charge in [-0.1, -0.05) is 18.2 Å². The van der Waals surface area contributed by atoms with E-state index >= 15 is 0 Å². The molecular weight excluding hydrogens is 240 g/mol. The highest BCUT2D eigenvalue weighted by atomic mass is 16.2. The fourth-order valence-corrected chi connectivity index (χ4v) is 2.12. The van der Waals surface area contributed by atoms with Crippen LogP contribution in [0.5, 0.6) is 0 Å². The molecule has 2 aromatic heterocycles. The maximum Gasteiger partial charge on any atom is 0.287 e. The van der Waals surface area contributed by atoms with Crippen molar-refractivity contribution < 1.29 is 4.79 Å². The van der Waals surface area contributed by atoms with Crippen molar-refractivity contribution >= 4 is 16.8 Å². The molecule has 0 aliphatic carbocycles. The smallest absolute Gasteiger partial charge is 0.287 e. The molecule has 3 aromatic rings. The summed E-state index contributed by atoms with van der Waals surface area (Å²) in [5.74, 6) is 0.170. The molecule has 0 unspecified atom stereocenters. The predicted octanol–water partition coefficient (Wildman–Crippen LogP) is 1.86. The highest BCUT2D eigenvalue weighted by Gasteiger charge is 2.07. The molecule has 1 amide bonds. The van der Waals surface area contributed by atoms with Gasteiger partial charge in [0.2, 0.25) is 0 Å². The number of carbonyl (C=O) groups is 1. The van der Waals surface area contributed by atoms with Gasteiger partial charge in [-0.2, -0.15) is 0 Å². The number of benzene rings is 1. The minimum Gasteiger partial charge on any atom is -0.361 e. The lowest BCUT2D eigenvalue weighted by molar-refractivity contribution is 0.0945. The van der Waals surface area contributed by atoms with Crippen LogP contribution in [0.15, 0.2) is 42.9 Å². The number of imidazole rings is 1. The molecule has 0 aliphatic rings. The minimum atomic E-state index is -0.176. The number of hydrogen-bond donors (Lipinski definition) is 3. The Bertz CT molecular complexity index is 684. The summed E-state index contributed by atoms with van der Waals surface area (Å²) in [7, 11) is 0. The normalized spacial score (nSPS) is 10.7. The largest absolute Gasteiger partial charge is 0.361 e. The van der Waals surface area contributed by atoms with E-state index in [1.807, 2.05) is 24.4 Å². The molecule has 5 heteroatoms. The Morgan fingerprint density at radius 2 is 2.16 bits per heavy atom. The van der Waals surface area contributed by atoms with Crippen LogP contribution in [0.4, 0.5) is 0 Å². The van der Waals surface area contributed by atoms with Crippen LogP contribution in [-0.4, -0.2) is 27.4 Å². The van der Waals surface area contributed by atoms with Crippen molar-refractivity contribution in [3.8, 4) is 0 Å². The van der Waals surface area contributed by atoms with E-state index in [9.17, 15) is 4.79 Å². The van der Waals surface area contributed by atoms with Gasteiger partial charge in [0, 0.05) is 36.0 Å². The van der Waals surface area contributed by atoms with Crippen molar-refractivity contribution in [2.45, 2.75) is 6.42 Å². The molecular formula is C14H14N4O. The molecule has 0 spiro atoms. The number of para-hydroxylation sites is 1. The summed E-state index contributed by atoms with van der Waals surface area (Å²) in [4.78, 5) is 21.6. The van der Waals surface area contributed by atoms with E-state index in [1.165, 1.54) is 10.9 Å². The van der Waals surface area contributed by atoms with Gasteiger partial charge in [-0.25, -0.2) is 4.98 Å². The minimum absolute atomic E-state index is 0.176. The zero-order chi connectivity index (χ0) is 13.1. The third-order valence-corrected chi connectivity index (χ3v) is 3.07. The molecule has 0 saturated heterocycles. The summed E-state index contributed by atoms with van der Waals surface area (Å²) in [5.41, 5.74) is 2.32. The van der Waals surface area contributed by atoms with Crippen LogP contribution in [0, 0.1) is 0 Å². The molecule has 2 heterocycles. The quantitative estimate of drug-likeness (QED) is 0.665. The standard InChI is InChI=1S/C14H14N4O/c19-14(13-15-7-8-16-13)17-6-5-10-9-18-12-4-2-1-3-11(10)12/h1-4,7-9,18H,5-6H2,(H,15,16)(H,17,19). The zero-order valence-corrected chi connectivity index (χ0v) is 10.3. The van der Waals surface area contributed by atoms with E-state index in [2.05, 4.69) is 26.3 Å². The lowest BCUT2D eigenvalue weighted by Crippen LogP contribution is -2.26. The van der Waals surface area contributed by atoms with Gasteiger partial charge in [0.25, 0.3) is 5.91 Å². The van der Waals surface area contributed by atoms with Crippen molar-refractivity contribution in [3.63, 3.8) is 0 Å². The van der Waals surface area contributed by atoms with E-state index in [0.717, 1.165) is 11.9 Å². The molecule has 5 nitrogen and oxygen atoms in total. The number of amides is 1. The number of carbonyl (C=O) groups excluding carboxylic acids is 1. The maximum absolute atomic E-state index is 11.7. The average Bonchev–Trinajstić information content (AvgIpc) is 3.08. The first-order valence-corrected chi connectivity index (χ1v) is 6.17. The Labute approximate surface area is 110 Å². The van der Waals surface area contributed by atoms with Crippen molar-refractivity contribution in [1.29, 1.82) is 0 Å². The summed E-state index contributed by atoms with van der Waals surface area (Å²) in [6, 6.07) is 8.14. The van der Waals surface area contributed by atoms with Gasteiger partial charge in [-0.05, 0) is 18.1 Å². The van der Waals surface area contributed by atoms with Crippen LogP contribution in [0.1, 0.15) is 16.2 Å². The van der Waals surface area contributed by atoms with Crippen LogP contribution in [0.3, 0.4) is 0 Å². The van der Waals surface area contributed by atoms with Crippen LogP contribution in [0.2, 0.25) is 0 Å². The second-order valence-corrected chi connectivity index (χ2v) is 4.30. The molecule has 0 radical (unpaired) electrons. The molecule has 19 heavy (non-hydrogen) atoms. The fourth-order valence-electron chi connectivity index (χ4n) is 2.12. The van der Waals surface area contributed by atoms with Crippen molar-refractivity contribution in [2.75, 3.05) is 6.54 Å². The van der Waals surface area contributed by atoms with E-state index in [-0.39, 0.29) is 5.91 Å². The maximum atomic E-state index is 11.7. The molecule has 0 fully saturated rings. The lowest BCUT2D eigenvalue weighted by atomic mass is 10.1. The summed E-state index contributed by atoms with van der Waals surface area (Å²) in [6.45, 7) is 0.585. The van der Waals surface area contributed by atoms with Crippen LogP contribution >= 0.6 is 0 Å². The molecule has 3 N–H and O–H groups in total. The third kappa shape index (κ3) is 2.35. The van der Waals surface area contributed by atoms with Gasteiger partial charge in [-0.15, -0.1) is 0 Å². The summed E-state index contributed by atoms with van der Waals surface area (Å²) in [5, 5.41) is 4.04. The van der Waals surface area contributed by atoms with Gasteiger partial charge in [-0.3, -0.25) is 4.79 Å². The first kappa shape index (κ1) is 11.5. The van der Waals surface area contributed by atoms with Crippen LogP contribution in [-0.2, 0) is 6.42 Å². The Kier molecular flexibility index (Phi) is 3.02. The van der Waals surface area contributed by atoms with Gasteiger partial charge in [0.15, 0.2) is 5.82 Å². The molecule has 0 saturated carbocycles. The van der Waals surface area contributed by atoms with E-state index in [4.69, 9.17) is 0 Å². The van der Waals surface area contributed by atoms with E-state index in [0.29, 0.717) is 12.4 Å². The summed E-state index contributed by atoms with van der Waals surface area (Å²) < 4.78 is 0. The predicted molar refractivity (Wildman–Crippen MR) is 72.9 cm³/mol. The topological polar surface area (TPSA) is 73.6 Å². The number of H-pyrrole nitrogens is 2. The number of nitrogens with one attached hydrogen (secondary N) is 3. The monoisotopic (exact) mass is 254 g/mol. The second-order valence-electron chi connectivity index (χ2n) is 4.30. The number of aromatic nitrogens is 3. The highest BCUT2D eigenvalue weighted by Crippen LogP contribution is 2.17. The summed E-state index contributed by atoms with van der Waals surface area (Å²) in [6.07, 6.45) is 5.98. The zero-order valence-electron chi connectivity index (χ0n) is 10.3. The van der Waals surface area contributed by atoms with Gasteiger partial charge in [0.05, 0.1) is 0 Å². The van der Waals surface area contributed by atoms with Gasteiger partial charge >= 0.3 is 0 Å².